The Bertz CT molecular complexity index is 593. The molecule has 1 aromatic carbocycles. The number of nitrogens with one attached hydrogen (secondary N) is 1. The minimum absolute atomic E-state index is 0.0251. The van der Waals surface area contributed by atoms with Crippen LogP contribution in [0.5, 0.6) is 0 Å². The first-order valence-corrected chi connectivity index (χ1v) is 7.13. The quantitative estimate of drug-likeness (QED) is 0.928. The molecule has 0 aliphatic carbocycles. The van der Waals surface area contributed by atoms with Gasteiger partial charge >= 0.3 is 0 Å². The number of aromatic nitrogens is 4. The summed E-state index contributed by atoms with van der Waals surface area (Å²) in [7, 11) is 0. The highest BCUT2D eigenvalue weighted by molar-refractivity contribution is 9.10. The molecule has 0 aliphatic rings. The molecule has 0 aliphatic heterocycles. The molecule has 20 heavy (non-hydrogen) atoms. The van der Waals surface area contributed by atoms with Gasteiger partial charge in [-0.15, -0.1) is 5.10 Å². The first-order valence-electron chi connectivity index (χ1n) is 6.33. The Balaban J connectivity index is 2.24. The third-order valence-corrected chi connectivity index (χ3v) is 3.36. The van der Waals surface area contributed by atoms with Crippen LogP contribution in [0.15, 0.2) is 28.7 Å². The van der Waals surface area contributed by atoms with Crippen LogP contribution in [0.25, 0.3) is 5.69 Å². The molecule has 2 rings (SSSR count). The van der Waals surface area contributed by atoms with E-state index in [-0.39, 0.29) is 17.9 Å². The van der Waals surface area contributed by atoms with E-state index in [4.69, 9.17) is 0 Å². The van der Waals surface area contributed by atoms with Gasteiger partial charge in [-0.05, 0) is 41.6 Å². The largest absolute Gasteiger partial charge is 0.346 e. The van der Waals surface area contributed by atoms with Crippen molar-refractivity contribution in [3.63, 3.8) is 0 Å². The van der Waals surface area contributed by atoms with Crippen LogP contribution in [0.4, 0.5) is 0 Å². The predicted molar refractivity (Wildman–Crippen MR) is 78.2 cm³/mol. The molecule has 1 N–H and O–H groups in total. The van der Waals surface area contributed by atoms with Crippen LogP contribution in [0.2, 0.25) is 0 Å². The maximum absolute atomic E-state index is 11.7. The van der Waals surface area contributed by atoms with E-state index < -0.39 is 0 Å². The third kappa shape index (κ3) is 3.22. The molecule has 2 aromatic rings. The predicted octanol–water partition coefficient (Wildman–Crippen LogP) is 2.26. The lowest BCUT2D eigenvalue weighted by Gasteiger charge is -2.15. The summed E-state index contributed by atoms with van der Waals surface area (Å²) < 4.78 is 2.61. The van der Waals surface area contributed by atoms with Crippen LogP contribution in [0, 0.1) is 5.92 Å². The Kier molecular flexibility index (Phi) is 4.49. The van der Waals surface area contributed by atoms with Gasteiger partial charge in [-0.1, -0.05) is 29.8 Å². The summed E-state index contributed by atoms with van der Waals surface area (Å²) in [4.78, 5) is 11.7. The molecule has 0 saturated carbocycles. The van der Waals surface area contributed by atoms with Crippen molar-refractivity contribution in [2.45, 2.75) is 26.8 Å². The van der Waals surface area contributed by atoms with E-state index in [9.17, 15) is 4.79 Å². The molecule has 106 valence electrons. The number of benzene rings is 1. The van der Waals surface area contributed by atoms with Crippen LogP contribution in [-0.4, -0.2) is 26.1 Å². The minimum Gasteiger partial charge on any atom is -0.346 e. The number of hydrogen-bond acceptors (Lipinski definition) is 4. The van der Waals surface area contributed by atoms with Gasteiger partial charge < -0.3 is 5.32 Å². The summed E-state index contributed by atoms with van der Waals surface area (Å²) in [6.07, 6.45) is 0. The highest BCUT2D eigenvalue weighted by Gasteiger charge is 2.19. The molecule has 0 radical (unpaired) electrons. The number of carbonyl (C=O) groups excluding carboxylic acids is 1. The normalized spacial score (nSPS) is 12.4. The third-order valence-electron chi connectivity index (χ3n) is 2.84. The van der Waals surface area contributed by atoms with Crippen LogP contribution in [0.1, 0.15) is 32.6 Å². The second-order valence-electron chi connectivity index (χ2n) is 4.81. The maximum atomic E-state index is 11.7. The van der Waals surface area contributed by atoms with Gasteiger partial charge in [0.1, 0.15) is 0 Å². The maximum Gasteiger partial charge on any atom is 0.223 e. The summed E-state index contributed by atoms with van der Waals surface area (Å²) in [5.74, 6) is 0.499. The van der Waals surface area contributed by atoms with Crippen molar-refractivity contribution in [2.24, 2.45) is 5.92 Å². The van der Waals surface area contributed by atoms with E-state index in [1.807, 2.05) is 45.0 Å². The molecule has 0 saturated heterocycles. The average molecular weight is 338 g/mol. The zero-order valence-electron chi connectivity index (χ0n) is 11.5. The molecule has 0 spiro atoms. The van der Waals surface area contributed by atoms with Crippen molar-refractivity contribution in [2.75, 3.05) is 0 Å². The van der Waals surface area contributed by atoms with Crippen molar-refractivity contribution in [1.82, 2.24) is 25.5 Å². The average Bonchev–Trinajstić information content (AvgIpc) is 2.88. The lowest BCUT2D eigenvalue weighted by atomic mass is 10.2. The number of hydrogen-bond donors (Lipinski definition) is 1. The van der Waals surface area contributed by atoms with Crippen molar-refractivity contribution < 1.29 is 4.79 Å². The van der Waals surface area contributed by atoms with Crippen LogP contribution >= 0.6 is 15.9 Å². The second kappa shape index (κ2) is 6.13. The zero-order valence-corrected chi connectivity index (χ0v) is 13.1. The molecule has 6 nitrogen and oxygen atoms in total. The van der Waals surface area contributed by atoms with E-state index in [1.165, 1.54) is 0 Å². The van der Waals surface area contributed by atoms with E-state index in [0.29, 0.717) is 5.82 Å². The summed E-state index contributed by atoms with van der Waals surface area (Å²) in [6.45, 7) is 5.56. The van der Waals surface area contributed by atoms with Gasteiger partial charge in [0, 0.05) is 10.4 Å². The fraction of sp³-hybridized carbons (Fsp3) is 0.385. The topological polar surface area (TPSA) is 72.7 Å². The number of tetrazole rings is 1. The summed E-state index contributed by atoms with van der Waals surface area (Å²) in [5.41, 5.74) is 0.846. The van der Waals surface area contributed by atoms with Gasteiger partial charge in [0.25, 0.3) is 0 Å². The molecule has 1 aromatic heterocycles. The Morgan fingerprint density at radius 1 is 1.25 bits per heavy atom. The fourth-order valence-corrected chi connectivity index (χ4v) is 1.94. The molecule has 1 unspecified atom stereocenters. The van der Waals surface area contributed by atoms with Crippen molar-refractivity contribution >= 4 is 21.8 Å². The van der Waals surface area contributed by atoms with Gasteiger partial charge in [0.15, 0.2) is 5.82 Å². The molecular weight excluding hydrogens is 322 g/mol. The monoisotopic (exact) mass is 337 g/mol. The second-order valence-corrected chi connectivity index (χ2v) is 5.73. The molecule has 0 fully saturated rings. The van der Waals surface area contributed by atoms with Crippen LogP contribution in [-0.2, 0) is 4.79 Å². The first kappa shape index (κ1) is 14.6. The van der Waals surface area contributed by atoms with E-state index >= 15 is 0 Å². The Morgan fingerprint density at radius 2 is 1.90 bits per heavy atom. The standard InChI is InChI=1S/C13H16BrN5O/c1-8(2)13(20)15-9(3)12-16-17-18-19(12)11-6-4-10(14)5-7-11/h4-9H,1-3H3,(H,15,20). The lowest BCUT2D eigenvalue weighted by molar-refractivity contribution is -0.124. The van der Waals surface area contributed by atoms with Gasteiger partial charge in [0.2, 0.25) is 5.91 Å². The molecule has 1 atom stereocenters. The van der Waals surface area contributed by atoms with E-state index in [1.54, 1.807) is 4.68 Å². The number of rotatable bonds is 4. The first-order chi connectivity index (χ1) is 9.49. The smallest absolute Gasteiger partial charge is 0.223 e. The van der Waals surface area contributed by atoms with E-state index in [2.05, 4.69) is 36.8 Å². The van der Waals surface area contributed by atoms with E-state index in [0.717, 1.165) is 10.2 Å². The fourth-order valence-electron chi connectivity index (χ4n) is 1.67. The Morgan fingerprint density at radius 3 is 2.50 bits per heavy atom. The van der Waals surface area contributed by atoms with Gasteiger partial charge in [-0.25, -0.2) is 0 Å². The Hall–Kier alpha value is -1.76. The molecule has 0 bridgehead atoms. The summed E-state index contributed by atoms with van der Waals surface area (Å²) in [5, 5.41) is 14.6. The van der Waals surface area contributed by atoms with Gasteiger partial charge in [0.05, 0.1) is 11.7 Å². The highest BCUT2D eigenvalue weighted by atomic mass is 79.9. The Labute approximate surface area is 125 Å². The molecule has 1 heterocycles. The highest BCUT2D eigenvalue weighted by Crippen LogP contribution is 2.17. The number of amides is 1. The lowest BCUT2D eigenvalue weighted by Crippen LogP contribution is -2.31. The SMILES string of the molecule is CC(C)C(=O)NC(C)c1nnnn1-c1ccc(Br)cc1. The number of carbonyl (C=O) groups is 1. The van der Waals surface area contributed by atoms with Crippen LogP contribution < -0.4 is 5.32 Å². The van der Waals surface area contributed by atoms with Gasteiger partial charge in [-0.2, -0.15) is 4.68 Å². The molecule has 1 amide bonds. The minimum atomic E-state index is -0.261. The number of nitrogens with zero attached hydrogens (tertiary/aromatic N) is 4. The summed E-state index contributed by atoms with van der Waals surface area (Å²) in [6, 6.07) is 7.38. The van der Waals surface area contributed by atoms with Crippen LogP contribution in [0.3, 0.4) is 0 Å². The van der Waals surface area contributed by atoms with Gasteiger partial charge in [-0.3, -0.25) is 4.79 Å². The van der Waals surface area contributed by atoms with Crippen molar-refractivity contribution in [1.29, 1.82) is 0 Å². The zero-order chi connectivity index (χ0) is 14.7. The van der Waals surface area contributed by atoms with Crippen molar-refractivity contribution in [3.05, 3.63) is 34.6 Å². The molecule has 7 heteroatoms. The number of halogens is 1. The molecular formula is C13H16BrN5O. The van der Waals surface area contributed by atoms with Crippen molar-refractivity contribution in [3.8, 4) is 5.69 Å². The summed E-state index contributed by atoms with van der Waals surface area (Å²) >= 11 is 3.39.